The molecule has 1 aliphatic heterocycles. The molecular formula is C27H35N3O2. The van der Waals surface area contributed by atoms with Gasteiger partial charge in [0, 0.05) is 26.1 Å². The Morgan fingerprint density at radius 3 is 2.41 bits per heavy atom. The molecule has 0 radical (unpaired) electrons. The Hall–Kier alpha value is -2.63. The van der Waals surface area contributed by atoms with Crippen molar-refractivity contribution in [1.29, 1.82) is 0 Å². The van der Waals surface area contributed by atoms with Crippen LogP contribution in [0.2, 0.25) is 0 Å². The van der Waals surface area contributed by atoms with E-state index >= 15 is 0 Å². The Morgan fingerprint density at radius 2 is 1.72 bits per heavy atom. The minimum absolute atomic E-state index is 0.0608. The van der Waals surface area contributed by atoms with E-state index in [1.807, 2.05) is 0 Å². The second-order valence-electron chi connectivity index (χ2n) is 8.80. The number of ether oxygens (including phenoxy) is 1. The number of rotatable bonds is 9. The summed E-state index contributed by atoms with van der Waals surface area (Å²) in [4.78, 5) is 7.35. The molecule has 0 saturated carbocycles. The van der Waals surface area contributed by atoms with Gasteiger partial charge >= 0.3 is 0 Å². The van der Waals surface area contributed by atoms with E-state index in [9.17, 15) is 0 Å². The number of aryl methyl sites for hydroxylation is 1. The number of oxazole rings is 1. The van der Waals surface area contributed by atoms with Crippen LogP contribution in [0.4, 0.5) is 5.88 Å². The van der Waals surface area contributed by atoms with Gasteiger partial charge in [-0.2, -0.15) is 0 Å². The first kappa shape index (κ1) is 22.6. The Kier molecular flexibility index (Phi) is 7.61. The lowest BCUT2D eigenvalue weighted by Gasteiger charge is -2.27. The molecular weight excluding hydrogens is 398 g/mol. The number of hydrogen-bond donors (Lipinski definition) is 1. The number of nitrogens with one attached hydrogen (secondary N) is 1. The summed E-state index contributed by atoms with van der Waals surface area (Å²) in [5.74, 6) is 2.10. The molecule has 32 heavy (non-hydrogen) atoms. The van der Waals surface area contributed by atoms with Crippen molar-refractivity contribution in [2.75, 3.05) is 31.2 Å². The predicted molar refractivity (Wildman–Crippen MR) is 129 cm³/mol. The first-order valence-electron chi connectivity index (χ1n) is 11.8. The van der Waals surface area contributed by atoms with Crippen LogP contribution >= 0.6 is 0 Å². The number of hydrogen-bond acceptors (Lipinski definition) is 5. The van der Waals surface area contributed by atoms with Gasteiger partial charge in [0.2, 0.25) is 11.8 Å². The van der Waals surface area contributed by atoms with Crippen LogP contribution in [0.15, 0.2) is 59.0 Å². The fourth-order valence-electron chi connectivity index (χ4n) is 4.11. The molecule has 0 aliphatic carbocycles. The average molecular weight is 434 g/mol. The van der Waals surface area contributed by atoms with Crippen molar-refractivity contribution in [3.05, 3.63) is 82.9 Å². The van der Waals surface area contributed by atoms with E-state index in [1.54, 1.807) is 0 Å². The van der Waals surface area contributed by atoms with E-state index in [0.29, 0.717) is 5.92 Å². The highest BCUT2D eigenvalue weighted by atomic mass is 16.5. The van der Waals surface area contributed by atoms with Gasteiger partial charge in [0.15, 0.2) is 0 Å². The van der Waals surface area contributed by atoms with Gasteiger partial charge in [0.05, 0.1) is 19.3 Å². The largest absolute Gasteiger partial charge is 0.423 e. The number of benzene rings is 2. The van der Waals surface area contributed by atoms with Crippen molar-refractivity contribution in [2.45, 2.75) is 46.2 Å². The summed E-state index contributed by atoms with van der Waals surface area (Å²) >= 11 is 0. The normalized spacial score (nSPS) is 16.2. The maximum Gasteiger partial charge on any atom is 0.220 e. The molecule has 1 N–H and O–H groups in total. The van der Waals surface area contributed by atoms with E-state index in [-0.39, 0.29) is 6.04 Å². The summed E-state index contributed by atoms with van der Waals surface area (Å²) in [5, 5.41) is 3.73. The monoisotopic (exact) mass is 433 g/mol. The van der Waals surface area contributed by atoms with Gasteiger partial charge in [-0.15, -0.1) is 0 Å². The highest BCUT2D eigenvalue weighted by Gasteiger charge is 2.28. The smallest absolute Gasteiger partial charge is 0.220 e. The molecule has 5 heteroatoms. The van der Waals surface area contributed by atoms with E-state index in [1.165, 1.54) is 16.7 Å². The average Bonchev–Trinajstić information content (AvgIpc) is 3.24. The van der Waals surface area contributed by atoms with Gasteiger partial charge in [0.25, 0.3) is 0 Å². The van der Waals surface area contributed by atoms with Gasteiger partial charge in [-0.1, -0.05) is 80.4 Å². The number of anilines is 1. The van der Waals surface area contributed by atoms with E-state index in [2.05, 4.69) is 85.6 Å². The van der Waals surface area contributed by atoms with E-state index in [0.717, 1.165) is 63.2 Å². The molecule has 1 aromatic heterocycles. The quantitative estimate of drug-likeness (QED) is 0.497. The zero-order valence-electron chi connectivity index (χ0n) is 19.5. The molecule has 4 rings (SSSR count). The third-order valence-corrected chi connectivity index (χ3v) is 6.33. The van der Waals surface area contributed by atoms with Crippen molar-refractivity contribution in [2.24, 2.45) is 5.92 Å². The molecule has 1 aliphatic rings. The molecule has 3 aromatic rings. The van der Waals surface area contributed by atoms with Crippen molar-refractivity contribution in [3.63, 3.8) is 0 Å². The summed E-state index contributed by atoms with van der Waals surface area (Å²) in [7, 11) is 0. The van der Waals surface area contributed by atoms with Gasteiger partial charge in [-0.25, -0.2) is 4.98 Å². The van der Waals surface area contributed by atoms with E-state index in [4.69, 9.17) is 14.1 Å². The maximum absolute atomic E-state index is 6.52. The summed E-state index contributed by atoms with van der Waals surface area (Å²) < 4.78 is 12.1. The van der Waals surface area contributed by atoms with E-state index < -0.39 is 0 Å². The molecule has 170 valence electrons. The van der Waals surface area contributed by atoms with Crippen LogP contribution in [-0.2, 0) is 17.7 Å². The predicted octanol–water partition coefficient (Wildman–Crippen LogP) is 5.29. The van der Waals surface area contributed by atoms with Crippen LogP contribution < -0.4 is 10.2 Å². The van der Waals surface area contributed by atoms with Crippen LogP contribution in [-0.4, -0.2) is 31.3 Å². The SMILES string of the molecule is CCC(C)C(NCc1ccc(C)cc1)c1nc(Cc2ccccc2)c(N2CCOCC2)o1. The molecule has 2 unspecified atom stereocenters. The Morgan fingerprint density at radius 1 is 1.00 bits per heavy atom. The minimum atomic E-state index is 0.0608. The third-order valence-electron chi connectivity index (χ3n) is 6.33. The summed E-state index contributed by atoms with van der Waals surface area (Å²) in [6.45, 7) is 10.5. The molecule has 2 aromatic carbocycles. The maximum atomic E-state index is 6.52. The number of aromatic nitrogens is 1. The van der Waals surface area contributed by atoms with Crippen molar-refractivity contribution in [1.82, 2.24) is 10.3 Å². The first-order valence-corrected chi connectivity index (χ1v) is 11.8. The van der Waals surface area contributed by atoms with Crippen LogP contribution in [0.3, 0.4) is 0 Å². The second kappa shape index (κ2) is 10.8. The zero-order chi connectivity index (χ0) is 22.3. The molecule has 1 saturated heterocycles. The van der Waals surface area contributed by atoms with Crippen molar-refractivity contribution in [3.8, 4) is 0 Å². The van der Waals surface area contributed by atoms with Crippen molar-refractivity contribution >= 4 is 5.88 Å². The molecule has 2 atom stereocenters. The molecule has 1 fully saturated rings. The van der Waals surface area contributed by atoms with Gasteiger partial charge in [-0.05, 0) is 24.0 Å². The topological polar surface area (TPSA) is 50.5 Å². The fourth-order valence-corrected chi connectivity index (χ4v) is 4.11. The van der Waals surface area contributed by atoms with Gasteiger partial charge in [0.1, 0.15) is 5.69 Å². The minimum Gasteiger partial charge on any atom is -0.423 e. The van der Waals surface area contributed by atoms with Crippen LogP contribution in [0.25, 0.3) is 0 Å². The zero-order valence-corrected chi connectivity index (χ0v) is 19.5. The molecule has 0 spiro atoms. The summed E-state index contributed by atoms with van der Waals surface area (Å²) in [6, 6.07) is 19.3. The molecule has 5 nitrogen and oxygen atoms in total. The van der Waals surface area contributed by atoms with Crippen LogP contribution in [0.1, 0.15) is 54.6 Å². The Labute approximate surface area is 191 Å². The van der Waals surface area contributed by atoms with Crippen molar-refractivity contribution < 1.29 is 9.15 Å². The lowest BCUT2D eigenvalue weighted by molar-refractivity contribution is 0.120. The lowest BCUT2D eigenvalue weighted by Crippen LogP contribution is -2.36. The number of morpholine rings is 1. The highest BCUT2D eigenvalue weighted by molar-refractivity contribution is 5.44. The lowest BCUT2D eigenvalue weighted by atomic mass is 9.98. The Balaban J connectivity index is 1.61. The first-order chi connectivity index (χ1) is 15.6. The van der Waals surface area contributed by atoms with Crippen LogP contribution in [0.5, 0.6) is 0 Å². The standard InChI is InChI=1S/C27H35N3O2/c1-4-21(3)25(28-19-23-12-10-20(2)11-13-23)26-29-24(18-22-8-6-5-7-9-22)27(32-26)30-14-16-31-17-15-30/h5-13,21,25,28H,4,14-19H2,1-3H3. The number of nitrogens with zero attached hydrogens (tertiary/aromatic N) is 2. The van der Waals surface area contributed by atoms with Gasteiger partial charge in [-0.3, -0.25) is 0 Å². The molecule has 0 amide bonds. The fraction of sp³-hybridized carbons (Fsp3) is 0.444. The highest BCUT2D eigenvalue weighted by Crippen LogP contribution is 2.32. The molecule has 2 heterocycles. The van der Waals surface area contributed by atoms with Gasteiger partial charge < -0.3 is 19.4 Å². The third kappa shape index (κ3) is 5.59. The summed E-state index contributed by atoms with van der Waals surface area (Å²) in [6.07, 6.45) is 1.82. The second-order valence-corrected chi connectivity index (χ2v) is 8.80. The molecule has 0 bridgehead atoms. The Bertz CT molecular complexity index is 962. The van der Waals surface area contributed by atoms with Crippen LogP contribution in [0, 0.1) is 12.8 Å². The summed E-state index contributed by atoms with van der Waals surface area (Å²) in [5.41, 5.74) is 4.81.